The topological polar surface area (TPSA) is 26.3 Å². The average molecular weight is 212 g/mol. The molecule has 0 bridgehead atoms. The molecule has 2 nitrogen and oxygen atoms in total. The van der Waals surface area contributed by atoms with E-state index in [-0.39, 0.29) is 5.97 Å². The third-order valence-electron chi connectivity index (χ3n) is 2.09. The molecule has 0 aliphatic carbocycles. The second-order valence-electron chi connectivity index (χ2n) is 3.17. The van der Waals surface area contributed by atoms with Gasteiger partial charge in [-0.05, 0) is 37.9 Å². The molecule has 0 spiro atoms. The number of hydrogen-bond acceptors (Lipinski definition) is 3. The summed E-state index contributed by atoms with van der Waals surface area (Å²) >= 11 is 1.99. The van der Waals surface area contributed by atoms with Crippen LogP contribution in [0.4, 0.5) is 0 Å². The average Bonchev–Trinajstić information content (AvgIpc) is 2.25. The monoisotopic (exact) mass is 212 g/mol. The van der Waals surface area contributed by atoms with Crippen molar-refractivity contribution in [2.75, 3.05) is 12.9 Å². The van der Waals surface area contributed by atoms with Gasteiger partial charge in [-0.2, -0.15) is 11.8 Å². The Kier molecular flexibility index (Phi) is 6.08. The summed E-state index contributed by atoms with van der Waals surface area (Å²) in [5.74, 6) is 0.960. The first kappa shape index (κ1) is 11.9. The molecule has 14 heavy (non-hydrogen) atoms. The lowest BCUT2D eigenvalue weighted by atomic mass is 10.1. The third kappa shape index (κ3) is 4.89. The van der Waals surface area contributed by atoms with Crippen LogP contribution < -0.4 is 0 Å². The van der Waals surface area contributed by atoms with Gasteiger partial charge < -0.3 is 4.74 Å². The van der Waals surface area contributed by atoms with E-state index in [1.807, 2.05) is 18.2 Å². The Morgan fingerprint density at radius 1 is 1.43 bits per heavy atom. The Bertz CT molecular complexity index is 165. The van der Waals surface area contributed by atoms with Gasteiger partial charge in [0.25, 0.3) is 0 Å². The van der Waals surface area contributed by atoms with Crippen LogP contribution >= 0.6 is 11.8 Å². The number of rotatable bonds is 5. The minimum atomic E-state index is -0.300. The molecule has 4 radical (unpaired) electrons. The molecule has 1 saturated heterocycles. The smallest absolute Gasteiger partial charge is 0.309 e. The normalized spacial score (nSPS) is 21.9. The van der Waals surface area contributed by atoms with Crippen LogP contribution in [0.15, 0.2) is 0 Å². The van der Waals surface area contributed by atoms with Gasteiger partial charge in [0.1, 0.15) is 0 Å². The summed E-state index contributed by atoms with van der Waals surface area (Å²) in [5.41, 5.74) is 0. The van der Waals surface area contributed by atoms with Gasteiger partial charge in [-0.15, -0.1) is 0 Å². The van der Waals surface area contributed by atoms with Crippen molar-refractivity contribution in [3.05, 3.63) is 25.7 Å². The molecule has 0 saturated carbocycles. The third-order valence-corrected chi connectivity index (χ3v) is 3.43. The Hall–Kier alpha value is -0.180. The van der Waals surface area contributed by atoms with Crippen LogP contribution in [0, 0.1) is 25.7 Å². The first-order valence-electron chi connectivity index (χ1n) is 4.87. The molecule has 1 atom stereocenters. The number of hydrogen-bond donors (Lipinski definition) is 0. The van der Waals surface area contributed by atoms with E-state index >= 15 is 0 Å². The maximum Gasteiger partial charge on any atom is 0.309 e. The molecule has 1 rings (SSSR count). The molecule has 0 unspecified atom stereocenters. The summed E-state index contributed by atoms with van der Waals surface area (Å²) in [6.45, 7) is 0. The lowest BCUT2D eigenvalue weighted by Crippen LogP contribution is -2.11. The predicted molar refractivity (Wildman–Crippen MR) is 59.3 cm³/mol. The quantitative estimate of drug-likeness (QED) is 0.516. The number of unbranched alkanes of at least 4 members (excludes halogenated alkanes) is 1. The molecule has 0 aromatic carbocycles. The number of thioether (sulfide) groups is 1. The summed E-state index contributed by atoms with van der Waals surface area (Å²) in [6.07, 6.45) is 11.2. The largest absolute Gasteiger partial charge is 0.469 e. The van der Waals surface area contributed by atoms with Gasteiger partial charge in [-0.25, -0.2) is 0 Å². The van der Waals surface area contributed by atoms with Crippen LogP contribution in [0.2, 0.25) is 0 Å². The maximum atomic E-state index is 10.7. The van der Waals surface area contributed by atoms with Gasteiger partial charge >= 0.3 is 5.97 Å². The van der Waals surface area contributed by atoms with Crippen molar-refractivity contribution in [3.63, 3.8) is 0 Å². The maximum absolute atomic E-state index is 10.7. The van der Waals surface area contributed by atoms with Crippen molar-refractivity contribution in [2.45, 2.75) is 24.5 Å². The van der Waals surface area contributed by atoms with E-state index in [0.29, 0.717) is 5.25 Å². The first-order valence-corrected chi connectivity index (χ1v) is 5.92. The van der Waals surface area contributed by atoms with Gasteiger partial charge in [0.05, 0.1) is 13.5 Å². The van der Waals surface area contributed by atoms with Crippen molar-refractivity contribution in [2.24, 2.45) is 0 Å². The number of esters is 1. The highest BCUT2D eigenvalue weighted by Gasteiger charge is 2.13. The highest BCUT2D eigenvalue weighted by molar-refractivity contribution is 8.00. The van der Waals surface area contributed by atoms with E-state index in [4.69, 9.17) is 0 Å². The highest BCUT2D eigenvalue weighted by Crippen LogP contribution is 2.27. The van der Waals surface area contributed by atoms with Crippen LogP contribution in [0.5, 0.6) is 0 Å². The molecular formula is C11H16O2S. The van der Waals surface area contributed by atoms with Crippen molar-refractivity contribution >= 4 is 17.7 Å². The molecule has 0 N–H and O–H groups in total. The summed E-state index contributed by atoms with van der Waals surface area (Å²) in [5, 5.41) is 0.631. The van der Waals surface area contributed by atoms with Gasteiger partial charge in [-0.1, -0.05) is 6.42 Å². The molecular weight excluding hydrogens is 196 g/mol. The Morgan fingerprint density at radius 3 is 2.93 bits per heavy atom. The fraction of sp³-hybridized carbons (Fsp3) is 0.545. The molecule has 1 fully saturated rings. The molecule has 3 heteroatoms. The summed E-state index contributed by atoms with van der Waals surface area (Å²) in [4.78, 5) is 10.7. The van der Waals surface area contributed by atoms with Crippen LogP contribution in [0.25, 0.3) is 0 Å². The predicted octanol–water partition coefficient (Wildman–Crippen LogP) is 2.26. The summed E-state index contributed by atoms with van der Waals surface area (Å²) < 4.78 is 4.48. The molecule has 0 amide bonds. The van der Waals surface area contributed by atoms with E-state index in [9.17, 15) is 4.79 Å². The lowest BCUT2D eigenvalue weighted by Gasteiger charge is -2.20. The molecule has 0 aromatic heterocycles. The van der Waals surface area contributed by atoms with Crippen LogP contribution in [0.1, 0.15) is 19.3 Å². The number of methoxy groups -OCH3 is 1. The fourth-order valence-corrected chi connectivity index (χ4v) is 2.52. The van der Waals surface area contributed by atoms with Gasteiger partial charge in [0.2, 0.25) is 0 Å². The minimum Gasteiger partial charge on any atom is -0.469 e. The Labute approximate surface area is 90.8 Å². The standard InChI is InChI=1S/C11H16O2S/c1-13-11(12)8-3-2-6-10-7-4-5-9-14-10/h2-3,6,8,10H,4-5,7,9H2,1H3/t10-/m1/s1. The van der Waals surface area contributed by atoms with Gasteiger partial charge in [0.15, 0.2) is 0 Å². The van der Waals surface area contributed by atoms with Crippen LogP contribution in [-0.2, 0) is 9.53 Å². The Balaban J connectivity index is 1.94. The van der Waals surface area contributed by atoms with Gasteiger partial charge in [-0.3, -0.25) is 4.79 Å². The van der Waals surface area contributed by atoms with Crippen LogP contribution in [-0.4, -0.2) is 24.1 Å². The summed E-state index contributed by atoms with van der Waals surface area (Å²) in [7, 11) is 1.38. The highest BCUT2D eigenvalue weighted by atomic mass is 32.2. The van der Waals surface area contributed by atoms with Crippen molar-refractivity contribution < 1.29 is 9.53 Å². The Morgan fingerprint density at radius 2 is 2.29 bits per heavy atom. The SMILES string of the molecule is COC(=O)[CH][CH][CH][CH][C@@H]1CCCCS1. The van der Waals surface area contributed by atoms with E-state index in [1.54, 1.807) is 6.42 Å². The lowest BCUT2D eigenvalue weighted by molar-refractivity contribution is -0.136. The van der Waals surface area contributed by atoms with Gasteiger partial charge in [0, 0.05) is 5.25 Å². The molecule has 1 aliphatic rings. The number of carbonyl (C=O) groups is 1. The number of carbonyl (C=O) groups excluding carboxylic acids is 1. The van der Waals surface area contributed by atoms with E-state index in [0.717, 1.165) is 0 Å². The van der Waals surface area contributed by atoms with Crippen molar-refractivity contribution in [3.8, 4) is 0 Å². The van der Waals surface area contributed by atoms with E-state index in [2.05, 4.69) is 11.2 Å². The second-order valence-corrected chi connectivity index (χ2v) is 4.52. The van der Waals surface area contributed by atoms with Crippen LogP contribution in [0.3, 0.4) is 0 Å². The van der Waals surface area contributed by atoms with Crippen molar-refractivity contribution in [1.29, 1.82) is 0 Å². The zero-order chi connectivity index (χ0) is 10.2. The van der Waals surface area contributed by atoms with Crippen molar-refractivity contribution in [1.82, 2.24) is 0 Å². The molecule has 78 valence electrons. The molecule has 1 aliphatic heterocycles. The minimum absolute atomic E-state index is 0.300. The fourth-order valence-electron chi connectivity index (χ4n) is 1.31. The zero-order valence-corrected chi connectivity index (χ0v) is 9.26. The summed E-state index contributed by atoms with van der Waals surface area (Å²) in [6, 6.07) is 0. The van der Waals surface area contributed by atoms with E-state index in [1.165, 1.54) is 38.5 Å². The van der Waals surface area contributed by atoms with E-state index < -0.39 is 0 Å². The number of ether oxygens (including phenoxy) is 1. The molecule has 0 aromatic rings. The molecule has 1 heterocycles. The first-order chi connectivity index (χ1) is 6.83. The zero-order valence-electron chi connectivity index (χ0n) is 8.44. The second kappa shape index (κ2) is 7.16.